The van der Waals surface area contributed by atoms with E-state index in [-0.39, 0.29) is 18.1 Å². The highest BCUT2D eigenvalue weighted by Gasteiger charge is 2.15. The molecule has 0 aliphatic heterocycles. The van der Waals surface area contributed by atoms with E-state index in [9.17, 15) is 4.79 Å². The molecule has 0 atom stereocenters. The number of rotatable bonds is 11. The number of carbonyl (C=O) groups is 1. The number of carbonyl (C=O) groups excluding carboxylic acids is 1. The van der Waals surface area contributed by atoms with Crippen LogP contribution in [0.3, 0.4) is 0 Å². The van der Waals surface area contributed by atoms with Gasteiger partial charge in [0, 0.05) is 12.1 Å². The first-order valence-electron chi connectivity index (χ1n) is 10.3. The van der Waals surface area contributed by atoms with Crippen LogP contribution in [-0.2, 0) is 17.8 Å². The minimum absolute atomic E-state index is 0.0590. The van der Waals surface area contributed by atoms with E-state index in [2.05, 4.69) is 10.6 Å². The van der Waals surface area contributed by atoms with Crippen molar-refractivity contribution in [2.45, 2.75) is 39.3 Å². The first-order chi connectivity index (χ1) is 14.8. The van der Waals surface area contributed by atoms with Gasteiger partial charge in [0.15, 0.2) is 29.6 Å². The van der Waals surface area contributed by atoms with E-state index in [1.54, 1.807) is 21.3 Å². The highest BCUT2D eigenvalue weighted by molar-refractivity contribution is 5.78. The van der Waals surface area contributed by atoms with Crippen LogP contribution in [0.1, 0.15) is 31.9 Å². The molecule has 2 rings (SSSR count). The lowest BCUT2D eigenvalue weighted by Crippen LogP contribution is -2.43. The van der Waals surface area contributed by atoms with Crippen molar-refractivity contribution in [1.82, 2.24) is 10.6 Å². The Morgan fingerprint density at radius 2 is 1.42 bits per heavy atom. The number of methoxy groups -OCH3 is 3. The number of nitrogens with one attached hydrogen (secondary N) is 2. The fourth-order valence-electron chi connectivity index (χ4n) is 3.04. The van der Waals surface area contributed by atoms with E-state index < -0.39 is 0 Å². The molecule has 1 amide bonds. The molecule has 2 aromatic rings. The van der Waals surface area contributed by atoms with E-state index in [0.717, 1.165) is 30.0 Å². The molecular formula is C24H34N2O5. The van der Waals surface area contributed by atoms with Crippen LogP contribution >= 0.6 is 0 Å². The number of benzene rings is 2. The summed E-state index contributed by atoms with van der Waals surface area (Å²) in [5.74, 6) is 2.43. The van der Waals surface area contributed by atoms with Crippen LogP contribution in [0.5, 0.6) is 23.0 Å². The highest BCUT2D eigenvalue weighted by atomic mass is 16.5. The first kappa shape index (κ1) is 24.3. The Bertz CT molecular complexity index is 862. The van der Waals surface area contributed by atoms with Gasteiger partial charge in [-0.05, 0) is 69.1 Å². The zero-order chi connectivity index (χ0) is 22.9. The summed E-state index contributed by atoms with van der Waals surface area (Å²) in [6.45, 7) is 7.23. The van der Waals surface area contributed by atoms with Crippen molar-refractivity contribution < 1.29 is 23.7 Å². The summed E-state index contributed by atoms with van der Waals surface area (Å²) in [6.07, 6.45) is 0.863. The lowest BCUT2D eigenvalue weighted by Gasteiger charge is -2.20. The molecule has 0 heterocycles. The van der Waals surface area contributed by atoms with Crippen LogP contribution in [0.15, 0.2) is 36.4 Å². The molecule has 0 saturated carbocycles. The maximum Gasteiger partial charge on any atom is 0.258 e. The van der Waals surface area contributed by atoms with E-state index in [0.29, 0.717) is 18.0 Å². The van der Waals surface area contributed by atoms with Crippen molar-refractivity contribution in [3.05, 3.63) is 47.5 Å². The normalized spacial score (nSPS) is 11.0. The van der Waals surface area contributed by atoms with E-state index in [4.69, 9.17) is 18.9 Å². The van der Waals surface area contributed by atoms with Crippen LogP contribution in [0.4, 0.5) is 0 Å². The maximum absolute atomic E-state index is 12.0. The second-order valence-corrected chi connectivity index (χ2v) is 8.19. The average Bonchev–Trinajstić information content (AvgIpc) is 2.74. The fraction of sp³-hybridized carbons (Fsp3) is 0.458. The Labute approximate surface area is 185 Å². The molecule has 0 aliphatic carbocycles. The SMILES string of the molecule is COc1ccc(CCNCc2ccc(OCC(=O)NC(C)(C)C)c(OC)c2)cc1OC. The molecule has 0 aromatic heterocycles. The quantitative estimate of drug-likeness (QED) is 0.533. The molecule has 31 heavy (non-hydrogen) atoms. The highest BCUT2D eigenvalue weighted by Crippen LogP contribution is 2.29. The second kappa shape index (κ2) is 11.5. The summed E-state index contributed by atoms with van der Waals surface area (Å²) in [5.41, 5.74) is 1.94. The van der Waals surface area contributed by atoms with Crippen LogP contribution in [0.2, 0.25) is 0 Å². The molecular weight excluding hydrogens is 396 g/mol. The number of ether oxygens (including phenoxy) is 4. The van der Waals surface area contributed by atoms with Gasteiger partial charge in [-0.2, -0.15) is 0 Å². The average molecular weight is 431 g/mol. The third kappa shape index (κ3) is 8.02. The van der Waals surface area contributed by atoms with Crippen molar-refractivity contribution >= 4 is 5.91 Å². The van der Waals surface area contributed by atoms with Gasteiger partial charge in [0.05, 0.1) is 21.3 Å². The van der Waals surface area contributed by atoms with Gasteiger partial charge in [-0.25, -0.2) is 0 Å². The summed E-state index contributed by atoms with van der Waals surface area (Å²) >= 11 is 0. The zero-order valence-corrected chi connectivity index (χ0v) is 19.3. The summed E-state index contributed by atoms with van der Waals surface area (Å²) in [6, 6.07) is 11.6. The Kier molecular flexibility index (Phi) is 9.00. The minimum Gasteiger partial charge on any atom is -0.493 e. The topological polar surface area (TPSA) is 78.1 Å². The van der Waals surface area contributed by atoms with Gasteiger partial charge in [-0.1, -0.05) is 12.1 Å². The summed E-state index contributed by atoms with van der Waals surface area (Å²) in [5, 5.41) is 6.30. The molecule has 0 aliphatic rings. The van der Waals surface area contributed by atoms with Crippen LogP contribution in [-0.4, -0.2) is 45.9 Å². The van der Waals surface area contributed by atoms with Crippen LogP contribution < -0.4 is 29.6 Å². The molecule has 0 bridgehead atoms. The molecule has 0 unspecified atom stereocenters. The summed E-state index contributed by atoms with van der Waals surface area (Å²) in [7, 11) is 4.85. The Hall–Kier alpha value is -2.93. The number of hydrogen-bond acceptors (Lipinski definition) is 6. The van der Waals surface area contributed by atoms with Crippen molar-refractivity contribution in [1.29, 1.82) is 0 Å². The van der Waals surface area contributed by atoms with Gasteiger partial charge in [-0.15, -0.1) is 0 Å². The fourth-order valence-corrected chi connectivity index (χ4v) is 3.04. The summed E-state index contributed by atoms with van der Waals surface area (Å²) < 4.78 is 21.7. The number of hydrogen-bond donors (Lipinski definition) is 2. The smallest absolute Gasteiger partial charge is 0.258 e. The van der Waals surface area contributed by atoms with Crippen LogP contribution in [0.25, 0.3) is 0 Å². The molecule has 0 saturated heterocycles. The molecule has 7 nitrogen and oxygen atoms in total. The Morgan fingerprint density at radius 3 is 2.06 bits per heavy atom. The summed E-state index contributed by atoms with van der Waals surface area (Å²) in [4.78, 5) is 12.0. The molecule has 7 heteroatoms. The molecule has 2 N–H and O–H groups in total. The maximum atomic E-state index is 12.0. The Morgan fingerprint density at radius 1 is 0.839 bits per heavy atom. The van der Waals surface area contributed by atoms with Gasteiger partial charge >= 0.3 is 0 Å². The first-order valence-corrected chi connectivity index (χ1v) is 10.3. The molecule has 2 aromatic carbocycles. The Balaban J connectivity index is 1.85. The van der Waals surface area contributed by atoms with Gasteiger partial charge in [0.2, 0.25) is 0 Å². The van der Waals surface area contributed by atoms with E-state index in [1.807, 2.05) is 57.2 Å². The molecule has 0 radical (unpaired) electrons. The van der Waals surface area contributed by atoms with Crippen molar-refractivity contribution in [2.75, 3.05) is 34.5 Å². The third-order valence-corrected chi connectivity index (χ3v) is 4.47. The zero-order valence-electron chi connectivity index (χ0n) is 19.3. The van der Waals surface area contributed by atoms with E-state index in [1.165, 1.54) is 5.56 Å². The van der Waals surface area contributed by atoms with Gasteiger partial charge in [0.25, 0.3) is 5.91 Å². The molecule has 170 valence electrons. The monoisotopic (exact) mass is 430 g/mol. The third-order valence-electron chi connectivity index (χ3n) is 4.47. The number of amides is 1. The van der Waals surface area contributed by atoms with Gasteiger partial charge in [-0.3, -0.25) is 4.79 Å². The lowest BCUT2D eigenvalue weighted by atomic mass is 10.1. The van der Waals surface area contributed by atoms with Crippen molar-refractivity contribution in [3.63, 3.8) is 0 Å². The van der Waals surface area contributed by atoms with Gasteiger partial charge < -0.3 is 29.6 Å². The van der Waals surface area contributed by atoms with Crippen molar-refractivity contribution in [3.8, 4) is 23.0 Å². The van der Waals surface area contributed by atoms with Crippen LogP contribution in [0, 0.1) is 0 Å². The predicted octanol–water partition coefficient (Wildman–Crippen LogP) is 3.34. The van der Waals surface area contributed by atoms with E-state index >= 15 is 0 Å². The predicted molar refractivity (Wildman–Crippen MR) is 121 cm³/mol. The minimum atomic E-state index is -0.295. The largest absolute Gasteiger partial charge is 0.493 e. The molecule has 0 fully saturated rings. The second-order valence-electron chi connectivity index (χ2n) is 8.19. The van der Waals surface area contributed by atoms with Gasteiger partial charge in [0.1, 0.15) is 0 Å². The standard InChI is InChI=1S/C24H34N2O5/c1-24(2,3)26-23(27)16-31-20-10-8-18(14-22(20)30-6)15-25-12-11-17-7-9-19(28-4)21(13-17)29-5/h7-10,13-14,25H,11-12,15-16H2,1-6H3,(H,26,27). The van der Waals surface area contributed by atoms with Crippen molar-refractivity contribution in [2.24, 2.45) is 0 Å². The lowest BCUT2D eigenvalue weighted by molar-refractivity contribution is -0.124. The molecule has 0 spiro atoms.